The normalized spacial score (nSPS) is 13.3. The van der Waals surface area contributed by atoms with Crippen molar-refractivity contribution in [3.05, 3.63) is 115 Å². The van der Waals surface area contributed by atoms with Crippen LogP contribution in [0.15, 0.2) is 109 Å². The highest BCUT2D eigenvalue weighted by Crippen LogP contribution is 2.41. The Morgan fingerprint density at radius 2 is 1.31 bits per heavy atom. The number of hydrogen-bond acceptors (Lipinski definition) is 1. The molecule has 2 nitrogen and oxygen atoms in total. The first kappa shape index (κ1) is 17.6. The second-order valence-electron chi connectivity index (χ2n) is 8.62. The molecule has 0 bridgehead atoms. The summed E-state index contributed by atoms with van der Waals surface area (Å²) in [6.07, 6.45) is 1.07. The molecule has 2 heterocycles. The van der Waals surface area contributed by atoms with E-state index in [0.29, 0.717) is 0 Å². The molecule has 0 saturated carbocycles. The molecule has 5 aromatic carbocycles. The maximum absolute atomic E-state index is 2.48. The number of fused-ring (bicyclic) bond motifs is 5. The van der Waals surface area contributed by atoms with Crippen LogP contribution in [-0.4, -0.2) is 11.1 Å². The molecule has 1 aliphatic heterocycles. The summed E-state index contributed by atoms with van der Waals surface area (Å²) < 4.78 is 2.40. The third-order valence-electron chi connectivity index (χ3n) is 6.83. The number of hydrogen-bond donors (Lipinski definition) is 0. The average molecular weight is 411 g/mol. The Labute approximate surface area is 186 Å². The number of anilines is 2. The van der Waals surface area contributed by atoms with Gasteiger partial charge in [0.1, 0.15) is 0 Å². The first-order chi connectivity index (χ1) is 15.9. The van der Waals surface area contributed by atoms with E-state index < -0.39 is 0 Å². The fourth-order valence-corrected chi connectivity index (χ4v) is 5.32. The van der Waals surface area contributed by atoms with Crippen molar-refractivity contribution in [3.8, 4) is 5.69 Å². The van der Waals surface area contributed by atoms with Crippen LogP contribution in [0.5, 0.6) is 0 Å². The maximum atomic E-state index is 2.48. The Balaban J connectivity index is 1.48. The lowest BCUT2D eigenvalue weighted by Crippen LogP contribution is -2.13. The van der Waals surface area contributed by atoms with Gasteiger partial charge in [0.2, 0.25) is 0 Å². The van der Waals surface area contributed by atoms with E-state index in [4.69, 9.17) is 0 Å². The van der Waals surface area contributed by atoms with Crippen molar-refractivity contribution in [1.29, 1.82) is 0 Å². The van der Waals surface area contributed by atoms with Crippen LogP contribution in [0.2, 0.25) is 0 Å². The minimum atomic E-state index is 1.02. The van der Waals surface area contributed by atoms with Crippen molar-refractivity contribution in [2.75, 3.05) is 11.4 Å². The van der Waals surface area contributed by atoms with E-state index in [9.17, 15) is 0 Å². The molecule has 32 heavy (non-hydrogen) atoms. The summed E-state index contributed by atoms with van der Waals surface area (Å²) in [5.74, 6) is 0. The van der Waals surface area contributed by atoms with E-state index in [1.807, 2.05) is 0 Å². The molecule has 1 aromatic heterocycles. The zero-order valence-corrected chi connectivity index (χ0v) is 17.7. The molecule has 7 rings (SSSR count). The summed E-state index contributed by atoms with van der Waals surface area (Å²) in [5.41, 5.74) is 7.76. The third-order valence-corrected chi connectivity index (χ3v) is 6.83. The van der Waals surface area contributed by atoms with Crippen LogP contribution in [-0.2, 0) is 6.42 Å². The minimum absolute atomic E-state index is 1.02. The van der Waals surface area contributed by atoms with E-state index in [-0.39, 0.29) is 0 Å². The zero-order chi connectivity index (χ0) is 21.1. The third kappa shape index (κ3) is 2.53. The second kappa shape index (κ2) is 6.73. The van der Waals surface area contributed by atoms with Crippen LogP contribution in [0.1, 0.15) is 5.56 Å². The summed E-state index contributed by atoms with van der Waals surface area (Å²) in [6, 6.07) is 39.7. The lowest BCUT2D eigenvalue weighted by atomic mass is 10.1. The van der Waals surface area contributed by atoms with Crippen molar-refractivity contribution in [1.82, 2.24) is 4.57 Å². The highest BCUT2D eigenvalue weighted by atomic mass is 15.2. The molecule has 152 valence electrons. The van der Waals surface area contributed by atoms with Gasteiger partial charge in [0.05, 0.1) is 11.0 Å². The lowest BCUT2D eigenvalue weighted by Gasteiger charge is -2.20. The average Bonchev–Trinajstić information content (AvgIpc) is 3.41. The smallest absolute Gasteiger partial charge is 0.0562 e. The minimum Gasteiger partial charge on any atom is -0.341 e. The summed E-state index contributed by atoms with van der Waals surface area (Å²) in [6.45, 7) is 1.02. The highest BCUT2D eigenvalue weighted by molar-refractivity contribution is 6.11. The Kier molecular flexibility index (Phi) is 3.71. The molecule has 0 radical (unpaired) electrons. The van der Waals surface area contributed by atoms with E-state index in [2.05, 4.69) is 119 Å². The van der Waals surface area contributed by atoms with Gasteiger partial charge in [-0.05, 0) is 65.2 Å². The molecule has 0 fully saturated rings. The van der Waals surface area contributed by atoms with Crippen LogP contribution in [0.3, 0.4) is 0 Å². The monoisotopic (exact) mass is 410 g/mol. The first-order valence-corrected chi connectivity index (χ1v) is 11.2. The van der Waals surface area contributed by atoms with Crippen LogP contribution < -0.4 is 4.90 Å². The molecule has 1 aliphatic rings. The SMILES string of the molecule is c1ccc(-n2c3ccccc3c3cc4c(cc32)N(c2ccc3ccccc3c2)CC4)cc1. The number of aromatic nitrogens is 1. The summed E-state index contributed by atoms with van der Waals surface area (Å²) >= 11 is 0. The Morgan fingerprint density at radius 1 is 0.531 bits per heavy atom. The fraction of sp³-hybridized carbons (Fsp3) is 0.0667. The van der Waals surface area contributed by atoms with Crippen molar-refractivity contribution in [2.24, 2.45) is 0 Å². The largest absolute Gasteiger partial charge is 0.341 e. The quantitative estimate of drug-likeness (QED) is 0.285. The molecule has 0 atom stereocenters. The Bertz CT molecular complexity index is 1630. The van der Waals surface area contributed by atoms with Gasteiger partial charge in [0.15, 0.2) is 0 Å². The van der Waals surface area contributed by atoms with Crippen LogP contribution in [0.4, 0.5) is 11.4 Å². The van der Waals surface area contributed by atoms with Gasteiger partial charge < -0.3 is 9.47 Å². The van der Waals surface area contributed by atoms with Gasteiger partial charge >= 0.3 is 0 Å². The van der Waals surface area contributed by atoms with Crippen molar-refractivity contribution in [2.45, 2.75) is 6.42 Å². The van der Waals surface area contributed by atoms with E-state index in [1.165, 1.54) is 55.2 Å². The van der Waals surface area contributed by atoms with Crippen LogP contribution in [0, 0.1) is 0 Å². The molecule has 0 aliphatic carbocycles. The molecule has 6 aromatic rings. The molecule has 0 saturated heterocycles. The molecule has 0 unspecified atom stereocenters. The number of benzene rings is 5. The van der Waals surface area contributed by atoms with Gasteiger partial charge in [0.25, 0.3) is 0 Å². The van der Waals surface area contributed by atoms with Gasteiger partial charge in [-0.1, -0.05) is 66.7 Å². The predicted molar refractivity (Wildman–Crippen MR) is 135 cm³/mol. The Morgan fingerprint density at radius 3 is 2.22 bits per heavy atom. The van der Waals surface area contributed by atoms with Gasteiger partial charge in [-0.2, -0.15) is 0 Å². The van der Waals surface area contributed by atoms with Crippen molar-refractivity contribution >= 4 is 44.0 Å². The molecule has 2 heteroatoms. The summed E-state index contributed by atoms with van der Waals surface area (Å²) in [4.78, 5) is 2.48. The van der Waals surface area contributed by atoms with Crippen molar-refractivity contribution < 1.29 is 0 Å². The summed E-state index contributed by atoms with van der Waals surface area (Å²) in [5, 5.41) is 5.23. The van der Waals surface area contributed by atoms with E-state index >= 15 is 0 Å². The van der Waals surface area contributed by atoms with E-state index in [1.54, 1.807) is 0 Å². The van der Waals surface area contributed by atoms with Crippen molar-refractivity contribution in [3.63, 3.8) is 0 Å². The zero-order valence-electron chi connectivity index (χ0n) is 17.7. The molecule has 0 amide bonds. The van der Waals surface area contributed by atoms with Gasteiger partial charge in [-0.25, -0.2) is 0 Å². The summed E-state index contributed by atoms with van der Waals surface area (Å²) in [7, 11) is 0. The first-order valence-electron chi connectivity index (χ1n) is 11.2. The van der Waals surface area contributed by atoms with Gasteiger partial charge in [-0.3, -0.25) is 0 Å². The molecule has 0 spiro atoms. The number of para-hydroxylation sites is 2. The number of nitrogens with zero attached hydrogens (tertiary/aromatic N) is 2. The maximum Gasteiger partial charge on any atom is 0.0562 e. The second-order valence-corrected chi connectivity index (χ2v) is 8.62. The van der Waals surface area contributed by atoms with E-state index in [0.717, 1.165) is 13.0 Å². The Hall–Kier alpha value is -4.04. The van der Waals surface area contributed by atoms with Crippen LogP contribution in [0.25, 0.3) is 38.3 Å². The lowest BCUT2D eigenvalue weighted by molar-refractivity contribution is 1.000. The standard InChI is InChI=1S/C30H22N2/c1-2-10-24(11-3-1)32-28-13-7-6-12-26(28)27-19-23-16-17-31(29(23)20-30(27)32)25-15-14-21-8-4-5-9-22(21)18-25/h1-15,18-20H,16-17H2. The fourth-order valence-electron chi connectivity index (χ4n) is 5.32. The predicted octanol–water partition coefficient (Wildman–Crippen LogP) is 7.63. The molecule has 0 N–H and O–H groups in total. The highest BCUT2D eigenvalue weighted by Gasteiger charge is 2.24. The van der Waals surface area contributed by atoms with Gasteiger partial charge in [-0.15, -0.1) is 0 Å². The van der Waals surface area contributed by atoms with Crippen LogP contribution >= 0.6 is 0 Å². The molecular formula is C30H22N2. The number of rotatable bonds is 2. The van der Waals surface area contributed by atoms with Gasteiger partial charge in [0, 0.05) is 34.4 Å². The topological polar surface area (TPSA) is 8.17 Å². The molecular weight excluding hydrogens is 388 g/mol.